The van der Waals surface area contributed by atoms with Crippen molar-refractivity contribution in [3.63, 3.8) is 0 Å². The monoisotopic (exact) mass is 329 g/mol. The molecule has 3 rings (SSSR count). The Morgan fingerprint density at radius 1 is 1.17 bits per heavy atom. The number of imide groups is 1. The number of nitrogens with one attached hydrogen (secondary N) is 2. The Morgan fingerprint density at radius 3 is 2.58 bits per heavy atom. The van der Waals surface area contributed by atoms with E-state index >= 15 is 0 Å². The van der Waals surface area contributed by atoms with Crippen LogP contribution in [0.3, 0.4) is 0 Å². The van der Waals surface area contributed by atoms with E-state index in [2.05, 4.69) is 10.6 Å². The molecule has 3 amide bonds. The fourth-order valence-corrected chi connectivity index (χ4v) is 3.50. The van der Waals surface area contributed by atoms with E-state index in [-0.39, 0.29) is 23.8 Å². The van der Waals surface area contributed by atoms with Gasteiger partial charge in [0.1, 0.15) is 6.04 Å². The Bertz CT molecular complexity index is 632. The van der Waals surface area contributed by atoms with E-state index in [1.165, 1.54) is 0 Å². The molecule has 128 valence electrons. The van der Waals surface area contributed by atoms with Crippen molar-refractivity contribution < 1.29 is 14.4 Å². The summed E-state index contributed by atoms with van der Waals surface area (Å²) in [5.74, 6) is -0.565. The molecule has 0 radical (unpaired) electrons. The van der Waals surface area contributed by atoms with Gasteiger partial charge < -0.3 is 10.2 Å². The van der Waals surface area contributed by atoms with Gasteiger partial charge in [-0.25, -0.2) is 0 Å². The highest BCUT2D eigenvalue weighted by Crippen LogP contribution is 2.23. The lowest BCUT2D eigenvalue weighted by molar-refractivity contribution is -0.140. The first-order valence-electron chi connectivity index (χ1n) is 8.52. The van der Waals surface area contributed by atoms with Crippen molar-refractivity contribution in [3.8, 4) is 0 Å². The summed E-state index contributed by atoms with van der Waals surface area (Å²) in [4.78, 5) is 39.0. The molecule has 1 aromatic rings. The van der Waals surface area contributed by atoms with Crippen LogP contribution in [0.25, 0.3) is 0 Å². The second-order valence-corrected chi connectivity index (χ2v) is 6.57. The molecule has 0 bridgehead atoms. The predicted molar refractivity (Wildman–Crippen MR) is 89.2 cm³/mol. The minimum Gasteiger partial charge on any atom is -0.329 e. The third kappa shape index (κ3) is 3.33. The number of hydrogen-bond acceptors (Lipinski definition) is 4. The maximum Gasteiger partial charge on any atom is 0.257 e. The molecule has 1 unspecified atom stereocenters. The summed E-state index contributed by atoms with van der Waals surface area (Å²) in [7, 11) is 0. The van der Waals surface area contributed by atoms with Crippen LogP contribution in [0.5, 0.6) is 0 Å². The maximum absolute atomic E-state index is 12.7. The van der Waals surface area contributed by atoms with Gasteiger partial charge in [0.2, 0.25) is 11.8 Å². The summed E-state index contributed by atoms with van der Waals surface area (Å²) in [5.41, 5.74) is 0.438. The van der Waals surface area contributed by atoms with Gasteiger partial charge in [-0.15, -0.1) is 0 Å². The van der Waals surface area contributed by atoms with Gasteiger partial charge in [0.15, 0.2) is 0 Å². The first-order valence-corrected chi connectivity index (χ1v) is 8.52. The van der Waals surface area contributed by atoms with Crippen LogP contribution in [0, 0.1) is 5.92 Å². The molecule has 2 aliphatic heterocycles. The van der Waals surface area contributed by atoms with Gasteiger partial charge in [0.05, 0.1) is 6.04 Å². The van der Waals surface area contributed by atoms with E-state index in [1.807, 2.05) is 13.0 Å². The highest BCUT2D eigenvalue weighted by molar-refractivity contribution is 6.06. The van der Waals surface area contributed by atoms with Crippen LogP contribution in [0.2, 0.25) is 0 Å². The van der Waals surface area contributed by atoms with Crippen LogP contribution in [0.15, 0.2) is 30.3 Å². The summed E-state index contributed by atoms with van der Waals surface area (Å²) in [5, 5.41) is 5.65. The lowest BCUT2D eigenvalue weighted by atomic mass is 10.0. The smallest absolute Gasteiger partial charge is 0.257 e. The van der Waals surface area contributed by atoms with E-state index in [9.17, 15) is 14.4 Å². The zero-order chi connectivity index (χ0) is 17.1. The minimum absolute atomic E-state index is 0.0233. The Morgan fingerprint density at radius 2 is 1.92 bits per heavy atom. The molecule has 0 spiro atoms. The number of likely N-dealkylation sites (tertiary alicyclic amines) is 1. The lowest BCUT2D eigenvalue weighted by Gasteiger charge is -2.28. The number of rotatable bonds is 3. The van der Waals surface area contributed by atoms with Crippen molar-refractivity contribution in [3.05, 3.63) is 35.9 Å². The highest BCUT2D eigenvalue weighted by Gasteiger charge is 2.40. The largest absolute Gasteiger partial charge is 0.329 e. The number of carbonyl (C=O) groups is 3. The average Bonchev–Trinajstić information content (AvgIpc) is 3.24. The van der Waals surface area contributed by atoms with Crippen LogP contribution in [0.1, 0.15) is 36.5 Å². The van der Waals surface area contributed by atoms with Crippen LogP contribution < -0.4 is 10.6 Å². The van der Waals surface area contributed by atoms with Gasteiger partial charge in [-0.05, 0) is 43.9 Å². The molecule has 2 fully saturated rings. The third-order valence-corrected chi connectivity index (χ3v) is 4.91. The standard InChI is InChI=1S/C18H23N3O3/c1-12-9-10-19-15(12)18(24)21-11-5-8-14(21)17(23)20-16(22)13-6-3-2-4-7-13/h2-4,6-7,12,14-15,19H,5,8-11H2,1H3,(H,20,22,23)/t12-,14-,15?/m0/s1. The number of carbonyl (C=O) groups excluding carboxylic acids is 3. The second-order valence-electron chi connectivity index (χ2n) is 6.57. The van der Waals surface area contributed by atoms with Gasteiger partial charge in [0, 0.05) is 12.1 Å². The van der Waals surface area contributed by atoms with Gasteiger partial charge >= 0.3 is 0 Å². The highest BCUT2D eigenvalue weighted by atomic mass is 16.2. The van der Waals surface area contributed by atoms with Crippen molar-refractivity contribution in [2.75, 3.05) is 13.1 Å². The summed E-state index contributed by atoms with van der Waals surface area (Å²) in [6, 6.07) is 7.85. The van der Waals surface area contributed by atoms with E-state index in [1.54, 1.807) is 29.2 Å². The van der Waals surface area contributed by atoms with Crippen molar-refractivity contribution >= 4 is 17.7 Å². The molecule has 2 heterocycles. The van der Waals surface area contributed by atoms with Crippen molar-refractivity contribution in [1.29, 1.82) is 0 Å². The summed E-state index contributed by atoms with van der Waals surface area (Å²) in [6.07, 6.45) is 2.35. The molecule has 2 aliphatic rings. The molecule has 24 heavy (non-hydrogen) atoms. The van der Waals surface area contributed by atoms with Crippen molar-refractivity contribution in [1.82, 2.24) is 15.5 Å². The SMILES string of the molecule is C[C@H]1CCNC1C(=O)N1CCC[C@H]1C(=O)NC(=O)c1ccccc1. The zero-order valence-corrected chi connectivity index (χ0v) is 13.8. The van der Waals surface area contributed by atoms with E-state index < -0.39 is 11.9 Å². The molecular weight excluding hydrogens is 306 g/mol. The molecule has 2 N–H and O–H groups in total. The molecule has 0 aliphatic carbocycles. The maximum atomic E-state index is 12.7. The molecule has 0 saturated carbocycles. The fourth-order valence-electron chi connectivity index (χ4n) is 3.50. The van der Waals surface area contributed by atoms with Crippen LogP contribution in [-0.4, -0.2) is 47.8 Å². The van der Waals surface area contributed by atoms with Gasteiger partial charge in [-0.3, -0.25) is 19.7 Å². The van der Waals surface area contributed by atoms with Crippen LogP contribution in [0.4, 0.5) is 0 Å². The number of amides is 3. The van der Waals surface area contributed by atoms with Gasteiger partial charge in [0.25, 0.3) is 5.91 Å². The Labute approximate surface area is 141 Å². The normalized spacial score (nSPS) is 26.4. The summed E-state index contributed by atoms with van der Waals surface area (Å²) in [6.45, 7) is 3.45. The Hall–Kier alpha value is -2.21. The molecule has 0 aromatic heterocycles. The molecular formula is C18H23N3O3. The Balaban J connectivity index is 1.65. The predicted octanol–water partition coefficient (Wildman–Crippen LogP) is 0.932. The quantitative estimate of drug-likeness (QED) is 0.809. The van der Waals surface area contributed by atoms with E-state index in [0.29, 0.717) is 18.5 Å². The summed E-state index contributed by atoms with van der Waals surface area (Å²) >= 11 is 0. The number of nitrogens with zero attached hydrogens (tertiary/aromatic N) is 1. The van der Waals surface area contributed by atoms with Crippen molar-refractivity contribution in [2.24, 2.45) is 5.92 Å². The first-order chi connectivity index (χ1) is 11.6. The average molecular weight is 329 g/mol. The molecule has 6 nitrogen and oxygen atoms in total. The summed E-state index contributed by atoms with van der Waals surface area (Å²) < 4.78 is 0. The third-order valence-electron chi connectivity index (χ3n) is 4.91. The minimum atomic E-state index is -0.556. The Kier molecular flexibility index (Phi) is 4.94. The van der Waals surface area contributed by atoms with Crippen LogP contribution in [-0.2, 0) is 9.59 Å². The topological polar surface area (TPSA) is 78.5 Å². The van der Waals surface area contributed by atoms with E-state index in [4.69, 9.17) is 0 Å². The van der Waals surface area contributed by atoms with Gasteiger partial charge in [-0.2, -0.15) is 0 Å². The fraction of sp³-hybridized carbons (Fsp3) is 0.500. The molecule has 3 atom stereocenters. The number of hydrogen-bond donors (Lipinski definition) is 2. The zero-order valence-electron chi connectivity index (χ0n) is 13.8. The lowest BCUT2D eigenvalue weighted by Crippen LogP contribution is -2.53. The van der Waals surface area contributed by atoms with Crippen LogP contribution >= 0.6 is 0 Å². The van der Waals surface area contributed by atoms with Gasteiger partial charge in [-0.1, -0.05) is 25.1 Å². The molecule has 2 saturated heterocycles. The van der Waals surface area contributed by atoms with Crippen molar-refractivity contribution in [2.45, 2.75) is 38.3 Å². The van der Waals surface area contributed by atoms with E-state index in [0.717, 1.165) is 19.4 Å². The second kappa shape index (κ2) is 7.13. The molecule has 6 heteroatoms. The number of benzene rings is 1. The molecule has 1 aromatic carbocycles. The first kappa shape index (κ1) is 16.6.